The molecule has 0 spiro atoms. The van der Waals surface area contributed by atoms with E-state index in [1.807, 2.05) is 53.4 Å². The largest absolute Gasteiger partial charge is 0.334 e. The van der Waals surface area contributed by atoms with Gasteiger partial charge in [-0.25, -0.2) is 5.48 Å². The summed E-state index contributed by atoms with van der Waals surface area (Å²) in [7, 11) is 0. The highest BCUT2D eigenvalue weighted by atomic mass is 79.9. The lowest BCUT2D eigenvalue weighted by Gasteiger charge is -2.15. The number of carbonyl (C=O) groups excluding carboxylic acids is 2. The summed E-state index contributed by atoms with van der Waals surface area (Å²) >= 11 is 3.52. The standard InChI is InChI=1S/C14H18BrNO.C8H9NO2/c1-2-3-4-5-9-16-10-12-11(14(16)17)7-6-8-13(12)15;10-7-9-11-6-8-4-2-1-3-5-8/h6-8H,2-5,9-10H2,1H3;1-5,7H,6H2,(H,9,10). The van der Waals surface area contributed by atoms with Crippen molar-refractivity contribution in [2.45, 2.75) is 45.8 Å². The van der Waals surface area contributed by atoms with Crippen molar-refractivity contribution < 1.29 is 14.4 Å². The van der Waals surface area contributed by atoms with Gasteiger partial charge in [-0.05, 0) is 29.7 Å². The highest BCUT2D eigenvalue weighted by molar-refractivity contribution is 9.10. The molecular weight excluding hydrogens is 420 g/mol. The first-order valence-electron chi connectivity index (χ1n) is 9.59. The Morgan fingerprint density at radius 3 is 2.57 bits per heavy atom. The van der Waals surface area contributed by atoms with Crippen LogP contribution in [-0.2, 0) is 22.8 Å². The van der Waals surface area contributed by atoms with E-state index in [-0.39, 0.29) is 5.91 Å². The number of hydroxylamine groups is 1. The number of unbranched alkanes of at least 4 members (excludes halogenated alkanes) is 3. The molecule has 1 N–H and O–H groups in total. The van der Waals surface area contributed by atoms with E-state index in [0.717, 1.165) is 40.7 Å². The van der Waals surface area contributed by atoms with E-state index >= 15 is 0 Å². The molecule has 1 aliphatic heterocycles. The summed E-state index contributed by atoms with van der Waals surface area (Å²) in [5.74, 6) is 0.192. The molecule has 0 bridgehead atoms. The van der Waals surface area contributed by atoms with Crippen molar-refractivity contribution in [1.29, 1.82) is 0 Å². The van der Waals surface area contributed by atoms with Gasteiger partial charge in [0.15, 0.2) is 0 Å². The minimum Gasteiger partial charge on any atom is -0.334 e. The Bertz CT molecular complexity index is 753. The fourth-order valence-corrected chi connectivity index (χ4v) is 3.49. The normalized spacial score (nSPS) is 12.2. The fraction of sp³-hybridized carbons (Fsp3) is 0.364. The fourth-order valence-electron chi connectivity index (χ4n) is 3.00. The molecule has 0 atom stereocenters. The highest BCUT2D eigenvalue weighted by Gasteiger charge is 2.27. The van der Waals surface area contributed by atoms with Crippen LogP contribution in [0.25, 0.3) is 0 Å². The number of hydrogen-bond acceptors (Lipinski definition) is 3. The van der Waals surface area contributed by atoms with Crippen molar-refractivity contribution in [1.82, 2.24) is 10.4 Å². The molecule has 2 aromatic carbocycles. The number of hydrogen-bond donors (Lipinski definition) is 1. The first-order valence-corrected chi connectivity index (χ1v) is 10.4. The third kappa shape index (κ3) is 6.77. The lowest BCUT2D eigenvalue weighted by Crippen LogP contribution is -2.24. The summed E-state index contributed by atoms with van der Waals surface area (Å²) in [6.07, 6.45) is 5.34. The first-order chi connectivity index (χ1) is 13.7. The molecule has 2 aromatic rings. The zero-order valence-corrected chi connectivity index (χ0v) is 17.8. The van der Waals surface area contributed by atoms with Gasteiger partial charge in [-0.3, -0.25) is 14.4 Å². The Morgan fingerprint density at radius 2 is 1.89 bits per heavy atom. The molecule has 0 aliphatic carbocycles. The Balaban J connectivity index is 0.000000221. The molecule has 3 rings (SSSR count). The maximum absolute atomic E-state index is 12.1. The predicted molar refractivity (Wildman–Crippen MR) is 113 cm³/mol. The molecule has 150 valence electrons. The van der Waals surface area contributed by atoms with Gasteiger partial charge in [0.2, 0.25) is 6.41 Å². The van der Waals surface area contributed by atoms with Crippen molar-refractivity contribution in [3.8, 4) is 0 Å². The summed E-state index contributed by atoms with van der Waals surface area (Å²) in [4.78, 5) is 28.6. The maximum Gasteiger partial charge on any atom is 0.254 e. The van der Waals surface area contributed by atoms with Crippen molar-refractivity contribution in [3.63, 3.8) is 0 Å². The van der Waals surface area contributed by atoms with Gasteiger partial charge >= 0.3 is 0 Å². The molecule has 1 heterocycles. The van der Waals surface area contributed by atoms with Gasteiger partial charge in [0.1, 0.15) is 0 Å². The van der Waals surface area contributed by atoms with Crippen molar-refractivity contribution >= 4 is 28.2 Å². The van der Waals surface area contributed by atoms with E-state index in [4.69, 9.17) is 4.84 Å². The summed E-state index contributed by atoms with van der Waals surface area (Å²) in [6, 6.07) is 15.5. The number of nitrogens with zero attached hydrogens (tertiary/aromatic N) is 1. The molecular formula is C22H27BrN2O3. The Morgan fingerprint density at radius 1 is 1.11 bits per heavy atom. The summed E-state index contributed by atoms with van der Waals surface area (Å²) in [6.45, 7) is 4.26. The van der Waals surface area contributed by atoms with Crippen LogP contribution in [0.15, 0.2) is 53.0 Å². The number of benzene rings is 2. The molecule has 0 fully saturated rings. The lowest BCUT2D eigenvalue weighted by atomic mass is 10.1. The van der Waals surface area contributed by atoms with Crippen molar-refractivity contribution in [2.75, 3.05) is 6.54 Å². The number of carbonyl (C=O) groups is 2. The summed E-state index contributed by atoms with van der Waals surface area (Å²) < 4.78 is 1.06. The zero-order valence-electron chi connectivity index (χ0n) is 16.2. The molecule has 5 nitrogen and oxygen atoms in total. The van der Waals surface area contributed by atoms with Crippen LogP contribution in [0.2, 0.25) is 0 Å². The quantitative estimate of drug-likeness (QED) is 0.340. The summed E-state index contributed by atoms with van der Waals surface area (Å²) in [5.41, 5.74) is 5.16. The molecule has 0 radical (unpaired) electrons. The smallest absolute Gasteiger partial charge is 0.254 e. The number of rotatable bonds is 9. The summed E-state index contributed by atoms with van der Waals surface area (Å²) in [5, 5.41) is 0. The van der Waals surface area contributed by atoms with Gasteiger partial charge in [0.25, 0.3) is 5.91 Å². The second-order valence-corrected chi connectivity index (χ2v) is 7.42. The van der Waals surface area contributed by atoms with Crippen LogP contribution in [0.3, 0.4) is 0 Å². The Kier molecular flexibility index (Phi) is 9.72. The van der Waals surface area contributed by atoms with Crippen LogP contribution in [-0.4, -0.2) is 23.8 Å². The van der Waals surface area contributed by atoms with E-state index in [9.17, 15) is 9.59 Å². The monoisotopic (exact) mass is 446 g/mol. The number of nitrogens with one attached hydrogen (secondary N) is 1. The highest BCUT2D eigenvalue weighted by Crippen LogP contribution is 2.29. The number of fused-ring (bicyclic) bond motifs is 1. The van der Waals surface area contributed by atoms with E-state index in [0.29, 0.717) is 13.0 Å². The Hall–Kier alpha value is -2.18. The van der Waals surface area contributed by atoms with Gasteiger partial charge in [-0.15, -0.1) is 0 Å². The van der Waals surface area contributed by atoms with Gasteiger partial charge in [0.05, 0.1) is 6.61 Å². The van der Waals surface area contributed by atoms with Crippen LogP contribution in [0.1, 0.15) is 54.1 Å². The van der Waals surface area contributed by atoms with Crippen LogP contribution < -0.4 is 5.48 Å². The molecule has 28 heavy (non-hydrogen) atoms. The van der Waals surface area contributed by atoms with Crippen LogP contribution in [0.4, 0.5) is 0 Å². The predicted octanol–water partition coefficient (Wildman–Crippen LogP) is 4.85. The van der Waals surface area contributed by atoms with Crippen LogP contribution >= 0.6 is 15.9 Å². The first kappa shape index (κ1) is 22.1. The topological polar surface area (TPSA) is 58.6 Å². The zero-order chi connectivity index (χ0) is 20.2. The van der Waals surface area contributed by atoms with E-state index in [2.05, 4.69) is 28.3 Å². The van der Waals surface area contributed by atoms with Gasteiger partial charge in [-0.1, -0.05) is 78.5 Å². The Labute approximate surface area is 175 Å². The molecule has 0 aromatic heterocycles. The minimum absolute atomic E-state index is 0.192. The minimum atomic E-state index is 0.192. The van der Waals surface area contributed by atoms with Gasteiger partial charge in [0, 0.05) is 23.1 Å². The maximum atomic E-state index is 12.1. The molecule has 1 aliphatic rings. The van der Waals surface area contributed by atoms with E-state index in [1.165, 1.54) is 19.3 Å². The van der Waals surface area contributed by atoms with Crippen LogP contribution in [0, 0.1) is 0 Å². The van der Waals surface area contributed by atoms with E-state index in [1.54, 1.807) is 0 Å². The van der Waals surface area contributed by atoms with Crippen LogP contribution in [0.5, 0.6) is 0 Å². The van der Waals surface area contributed by atoms with Gasteiger partial charge in [-0.2, -0.15) is 0 Å². The molecule has 6 heteroatoms. The van der Waals surface area contributed by atoms with Gasteiger partial charge < -0.3 is 4.90 Å². The molecule has 0 unspecified atom stereocenters. The molecule has 0 saturated carbocycles. The second kappa shape index (κ2) is 12.3. The lowest BCUT2D eigenvalue weighted by molar-refractivity contribution is -0.121. The average molecular weight is 447 g/mol. The van der Waals surface area contributed by atoms with Crippen molar-refractivity contribution in [2.24, 2.45) is 0 Å². The average Bonchev–Trinajstić information content (AvgIpc) is 3.04. The number of amides is 2. The SMILES string of the molecule is CCCCCCN1Cc2c(Br)cccc2C1=O.O=CNOCc1ccccc1. The molecule has 2 amide bonds. The molecule has 0 saturated heterocycles. The van der Waals surface area contributed by atoms with Crippen molar-refractivity contribution in [3.05, 3.63) is 69.7 Å². The third-order valence-corrected chi connectivity index (χ3v) is 5.22. The number of halogens is 1. The third-order valence-electron chi connectivity index (χ3n) is 4.48. The van der Waals surface area contributed by atoms with E-state index < -0.39 is 0 Å². The second-order valence-electron chi connectivity index (χ2n) is 6.56.